The minimum Gasteiger partial charge on any atom is -0.330 e. The van der Waals surface area contributed by atoms with Gasteiger partial charge in [0.2, 0.25) is 0 Å². The zero-order valence-electron chi connectivity index (χ0n) is 10.5. The molecule has 2 aliphatic rings. The molecule has 3 nitrogen and oxygen atoms in total. The molecule has 2 aromatic rings. The number of nitrogens with two attached hydrogens (primary N) is 1. The third kappa shape index (κ3) is 1.50. The predicted molar refractivity (Wildman–Crippen MR) is 72.5 cm³/mol. The van der Waals surface area contributed by atoms with Crippen molar-refractivity contribution in [2.24, 2.45) is 11.7 Å². The van der Waals surface area contributed by atoms with E-state index in [0.29, 0.717) is 12.0 Å². The first-order valence-corrected chi connectivity index (χ1v) is 7.04. The first-order valence-electron chi connectivity index (χ1n) is 7.04. The van der Waals surface area contributed by atoms with Gasteiger partial charge in [-0.25, -0.2) is 0 Å². The number of fused-ring (bicyclic) bond motifs is 1. The van der Waals surface area contributed by atoms with Crippen LogP contribution < -0.4 is 5.73 Å². The topological polar surface area (TPSA) is 43.8 Å². The first kappa shape index (κ1) is 10.6. The Hall–Kier alpha value is -1.35. The third-order valence-electron chi connectivity index (χ3n) is 4.50. The molecule has 1 aromatic carbocycles. The summed E-state index contributed by atoms with van der Waals surface area (Å²) in [6, 6.07) is 9.27. The van der Waals surface area contributed by atoms with Crippen LogP contribution >= 0.6 is 0 Å². The van der Waals surface area contributed by atoms with E-state index in [1.807, 2.05) is 0 Å². The van der Waals surface area contributed by atoms with Crippen LogP contribution in [0, 0.1) is 5.92 Å². The lowest BCUT2D eigenvalue weighted by Crippen LogP contribution is -2.32. The van der Waals surface area contributed by atoms with E-state index in [4.69, 9.17) is 10.8 Å². The van der Waals surface area contributed by atoms with Crippen molar-refractivity contribution in [2.75, 3.05) is 6.54 Å². The fourth-order valence-corrected chi connectivity index (χ4v) is 3.14. The molecule has 3 heteroatoms. The molecule has 2 fully saturated rings. The zero-order valence-corrected chi connectivity index (χ0v) is 10.5. The molecule has 0 aliphatic heterocycles. The molecule has 4 rings (SSSR count). The maximum atomic E-state index is 5.72. The Balaban J connectivity index is 1.76. The minimum atomic E-state index is 0.580. The number of para-hydroxylation sites is 1. The van der Waals surface area contributed by atoms with Crippen LogP contribution in [0.2, 0.25) is 0 Å². The molecule has 0 amide bonds. The summed E-state index contributed by atoms with van der Waals surface area (Å²) in [7, 11) is 0. The molecule has 0 radical (unpaired) electrons. The second-order valence-corrected chi connectivity index (χ2v) is 5.85. The molecule has 0 atom stereocenters. The van der Waals surface area contributed by atoms with Gasteiger partial charge < -0.3 is 5.73 Å². The molecule has 18 heavy (non-hydrogen) atoms. The molecule has 94 valence electrons. The number of nitrogens with zero attached hydrogens (tertiary/aromatic N) is 2. The van der Waals surface area contributed by atoms with Gasteiger partial charge in [0, 0.05) is 11.3 Å². The van der Waals surface area contributed by atoms with E-state index in [1.165, 1.54) is 42.3 Å². The van der Waals surface area contributed by atoms with E-state index in [-0.39, 0.29) is 0 Å². The molecular weight excluding hydrogens is 222 g/mol. The molecule has 0 spiro atoms. The molecule has 2 aliphatic carbocycles. The molecule has 0 unspecified atom stereocenters. The highest BCUT2D eigenvalue weighted by molar-refractivity contribution is 5.83. The van der Waals surface area contributed by atoms with Gasteiger partial charge >= 0.3 is 0 Å². The van der Waals surface area contributed by atoms with Crippen molar-refractivity contribution in [1.82, 2.24) is 9.78 Å². The van der Waals surface area contributed by atoms with Crippen molar-refractivity contribution in [1.29, 1.82) is 0 Å². The number of aromatic nitrogens is 2. The maximum absolute atomic E-state index is 5.72. The Labute approximate surface area is 107 Å². The standard InChI is InChI=1S/C15H19N3/c16-9-10-7-12(8-10)18-14-4-2-1-3-13(14)15(17-18)11-5-6-11/h1-4,10-12H,5-9,16H2/t10-,12-. The molecule has 0 bridgehead atoms. The monoisotopic (exact) mass is 241 g/mol. The Morgan fingerprint density at radius 2 is 2.00 bits per heavy atom. The lowest BCUT2D eigenvalue weighted by atomic mass is 9.80. The van der Waals surface area contributed by atoms with Crippen LogP contribution in [0.3, 0.4) is 0 Å². The summed E-state index contributed by atoms with van der Waals surface area (Å²) in [4.78, 5) is 0. The van der Waals surface area contributed by atoms with E-state index in [1.54, 1.807) is 0 Å². The quantitative estimate of drug-likeness (QED) is 0.898. The lowest BCUT2D eigenvalue weighted by Gasteiger charge is -2.35. The zero-order chi connectivity index (χ0) is 12.1. The highest BCUT2D eigenvalue weighted by Gasteiger charge is 2.34. The second kappa shape index (κ2) is 3.82. The highest BCUT2D eigenvalue weighted by atomic mass is 15.3. The number of benzene rings is 1. The fourth-order valence-electron chi connectivity index (χ4n) is 3.14. The first-order chi connectivity index (χ1) is 8.86. The Bertz CT molecular complexity index is 576. The van der Waals surface area contributed by atoms with Crippen LogP contribution in [0.4, 0.5) is 0 Å². The molecule has 2 saturated carbocycles. The van der Waals surface area contributed by atoms with Crippen LogP contribution in [0.25, 0.3) is 10.9 Å². The fraction of sp³-hybridized carbons (Fsp3) is 0.533. The summed E-state index contributed by atoms with van der Waals surface area (Å²) < 4.78 is 2.27. The van der Waals surface area contributed by atoms with E-state index in [9.17, 15) is 0 Å². The molecule has 0 saturated heterocycles. The Kier molecular flexibility index (Phi) is 2.24. The third-order valence-corrected chi connectivity index (χ3v) is 4.50. The normalized spacial score (nSPS) is 27.4. The van der Waals surface area contributed by atoms with E-state index < -0.39 is 0 Å². The number of hydrogen-bond donors (Lipinski definition) is 1. The summed E-state index contributed by atoms with van der Waals surface area (Å²) in [6.07, 6.45) is 5.03. The summed E-state index contributed by atoms with van der Waals surface area (Å²) >= 11 is 0. The molecule has 1 heterocycles. The van der Waals surface area contributed by atoms with Crippen LogP contribution in [0.15, 0.2) is 24.3 Å². The summed E-state index contributed by atoms with van der Waals surface area (Å²) in [5.41, 5.74) is 8.37. The van der Waals surface area contributed by atoms with Gasteiger partial charge in [0.05, 0.1) is 17.3 Å². The highest BCUT2D eigenvalue weighted by Crippen LogP contribution is 2.45. The van der Waals surface area contributed by atoms with Gasteiger partial charge in [0.15, 0.2) is 0 Å². The maximum Gasteiger partial charge on any atom is 0.0734 e. The lowest BCUT2D eigenvalue weighted by molar-refractivity contribution is 0.194. The van der Waals surface area contributed by atoms with Crippen LogP contribution in [-0.2, 0) is 0 Å². The van der Waals surface area contributed by atoms with Gasteiger partial charge in [0.25, 0.3) is 0 Å². The summed E-state index contributed by atoms with van der Waals surface area (Å²) in [6.45, 7) is 0.825. The van der Waals surface area contributed by atoms with Crippen molar-refractivity contribution in [3.63, 3.8) is 0 Å². The van der Waals surface area contributed by atoms with Crippen molar-refractivity contribution < 1.29 is 0 Å². The average Bonchev–Trinajstić information content (AvgIpc) is 3.12. The van der Waals surface area contributed by atoms with Gasteiger partial charge in [-0.3, -0.25) is 4.68 Å². The summed E-state index contributed by atoms with van der Waals surface area (Å²) in [5, 5.41) is 6.29. The van der Waals surface area contributed by atoms with Crippen molar-refractivity contribution in [3.8, 4) is 0 Å². The molecule has 2 N–H and O–H groups in total. The van der Waals surface area contributed by atoms with Crippen LogP contribution in [0.1, 0.15) is 43.3 Å². The van der Waals surface area contributed by atoms with Gasteiger partial charge in [-0.15, -0.1) is 0 Å². The SMILES string of the molecule is NC[C@H]1C[C@H](n2nc(C3CC3)c3ccccc32)C1. The molecule has 1 aromatic heterocycles. The molecular formula is C15H19N3. The van der Waals surface area contributed by atoms with E-state index >= 15 is 0 Å². The van der Waals surface area contributed by atoms with Crippen molar-refractivity contribution in [2.45, 2.75) is 37.6 Å². The number of rotatable bonds is 3. The van der Waals surface area contributed by atoms with Gasteiger partial charge in [-0.05, 0) is 44.2 Å². The average molecular weight is 241 g/mol. The predicted octanol–water partition coefficient (Wildman–Crippen LogP) is 2.82. The summed E-state index contributed by atoms with van der Waals surface area (Å²) in [5.74, 6) is 1.43. The van der Waals surface area contributed by atoms with Gasteiger partial charge in [-0.1, -0.05) is 18.2 Å². The van der Waals surface area contributed by atoms with Crippen LogP contribution in [-0.4, -0.2) is 16.3 Å². The largest absolute Gasteiger partial charge is 0.330 e. The Morgan fingerprint density at radius 1 is 1.22 bits per heavy atom. The van der Waals surface area contributed by atoms with Crippen molar-refractivity contribution in [3.05, 3.63) is 30.0 Å². The minimum absolute atomic E-state index is 0.580. The van der Waals surface area contributed by atoms with Gasteiger partial charge in [-0.2, -0.15) is 5.10 Å². The smallest absolute Gasteiger partial charge is 0.0734 e. The van der Waals surface area contributed by atoms with Gasteiger partial charge in [0.1, 0.15) is 0 Å². The van der Waals surface area contributed by atoms with Crippen LogP contribution in [0.5, 0.6) is 0 Å². The van der Waals surface area contributed by atoms with Crippen molar-refractivity contribution >= 4 is 10.9 Å². The Morgan fingerprint density at radius 3 is 2.72 bits per heavy atom. The number of hydrogen-bond acceptors (Lipinski definition) is 2. The second-order valence-electron chi connectivity index (χ2n) is 5.85. The van der Waals surface area contributed by atoms with E-state index in [0.717, 1.165) is 12.5 Å². The van der Waals surface area contributed by atoms with E-state index in [2.05, 4.69) is 28.9 Å².